The molecular formula is C12H13N3OS. The summed E-state index contributed by atoms with van der Waals surface area (Å²) in [5.74, 6) is 0.674. The third kappa shape index (κ3) is 2.88. The predicted octanol–water partition coefficient (Wildman–Crippen LogP) is 2.91. The molecule has 17 heavy (non-hydrogen) atoms. The van der Waals surface area contributed by atoms with Crippen molar-refractivity contribution in [1.82, 2.24) is 15.0 Å². The van der Waals surface area contributed by atoms with E-state index in [0.717, 1.165) is 5.56 Å². The van der Waals surface area contributed by atoms with Crippen molar-refractivity contribution >= 4 is 12.2 Å². The molecule has 0 bridgehead atoms. The second-order valence-electron chi connectivity index (χ2n) is 3.58. The lowest BCUT2D eigenvalue weighted by atomic mass is 10.1. The molecule has 0 amide bonds. The van der Waals surface area contributed by atoms with Crippen LogP contribution in [-0.2, 0) is 0 Å². The fourth-order valence-corrected chi connectivity index (χ4v) is 1.59. The van der Waals surface area contributed by atoms with Gasteiger partial charge in [-0.25, -0.2) is 4.98 Å². The summed E-state index contributed by atoms with van der Waals surface area (Å²) < 4.78 is 5.58. The van der Waals surface area contributed by atoms with Gasteiger partial charge in [0, 0.05) is 5.56 Å². The minimum Gasteiger partial charge on any atom is -0.465 e. The van der Waals surface area contributed by atoms with Crippen LogP contribution in [0.25, 0.3) is 11.4 Å². The highest BCUT2D eigenvalue weighted by Crippen LogP contribution is 2.16. The predicted molar refractivity (Wildman–Crippen MR) is 68.6 cm³/mol. The zero-order chi connectivity index (χ0) is 12.3. The van der Waals surface area contributed by atoms with Gasteiger partial charge >= 0.3 is 0 Å². The van der Waals surface area contributed by atoms with Crippen LogP contribution in [0.4, 0.5) is 0 Å². The minimum atomic E-state index is 0.280. The third-order valence-corrected chi connectivity index (χ3v) is 2.42. The van der Waals surface area contributed by atoms with Crippen LogP contribution in [0.1, 0.15) is 12.5 Å². The SMILES string of the molecule is CCOc1nc(=S)nc(-c2ccc(C)cc2)[nH]1. The number of nitrogens with zero attached hydrogens (tertiary/aromatic N) is 2. The molecule has 4 nitrogen and oxygen atoms in total. The lowest BCUT2D eigenvalue weighted by Crippen LogP contribution is -2.01. The molecule has 2 aromatic rings. The summed E-state index contributed by atoms with van der Waals surface area (Å²) in [6, 6.07) is 8.42. The lowest BCUT2D eigenvalue weighted by molar-refractivity contribution is 0.311. The van der Waals surface area contributed by atoms with E-state index < -0.39 is 0 Å². The van der Waals surface area contributed by atoms with E-state index in [1.807, 2.05) is 38.1 Å². The largest absolute Gasteiger partial charge is 0.465 e. The summed E-state index contributed by atoms with van der Waals surface area (Å²) in [4.78, 5) is 11.2. The molecule has 0 saturated carbocycles. The highest BCUT2D eigenvalue weighted by atomic mass is 32.1. The molecule has 0 saturated heterocycles. The van der Waals surface area contributed by atoms with Crippen molar-refractivity contribution in [3.63, 3.8) is 0 Å². The average molecular weight is 247 g/mol. The number of aromatic amines is 1. The Kier molecular flexibility index (Phi) is 3.49. The van der Waals surface area contributed by atoms with Crippen LogP contribution in [0.5, 0.6) is 6.01 Å². The first kappa shape index (κ1) is 11.7. The highest BCUT2D eigenvalue weighted by Gasteiger charge is 2.03. The fraction of sp³-hybridized carbons (Fsp3) is 0.250. The Labute approximate surface area is 105 Å². The molecule has 0 aliphatic carbocycles. The molecule has 88 valence electrons. The summed E-state index contributed by atoms with van der Waals surface area (Å²) >= 11 is 5.00. The van der Waals surface area contributed by atoms with Gasteiger partial charge in [-0.1, -0.05) is 29.8 Å². The maximum Gasteiger partial charge on any atom is 0.297 e. The number of aryl methyl sites for hydroxylation is 1. The smallest absolute Gasteiger partial charge is 0.297 e. The number of aromatic nitrogens is 3. The molecule has 1 aromatic carbocycles. The van der Waals surface area contributed by atoms with Crippen molar-refractivity contribution in [2.45, 2.75) is 13.8 Å². The van der Waals surface area contributed by atoms with E-state index in [-0.39, 0.29) is 4.77 Å². The number of benzene rings is 1. The molecule has 1 aromatic heterocycles. The van der Waals surface area contributed by atoms with Gasteiger partial charge in [0.1, 0.15) is 5.82 Å². The fourth-order valence-electron chi connectivity index (χ4n) is 1.42. The average Bonchev–Trinajstić information content (AvgIpc) is 2.29. The van der Waals surface area contributed by atoms with Crippen LogP contribution in [0.15, 0.2) is 24.3 Å². The van der Waals surface area contributed by atoms with E-state index in [1.54, 1.807) is 0 Å². The van der Waals surface area contributed by atoms with Crippen molar-refractivity contribution in [1.29, 1.82) is 0 Å². The standard InChI is InChI=1S/C12H13N3OS/c1-3-16-11-13-10(14-12(17)15-11)9-6-4-8(2)5-7-9/h4-7H,3H2,1-2H3,(H,13,14,15,17). The molecule has 2 rings (SSSR count). The monoisotopic (exact) mass is 247 g/mol. The Morgan fingerprint density at radius 3 is 2.59 bits per heavy atom. The number of hydrogen-bond donors (Lipinski definition) is 1. The van der Waals surface area contributed by atoms with E-state index in [0.29, 0.717) is 18.4 Å². The Morgan fingerprint density at radius 1 is 1.24 bits per heavy atom. The summed E-state index contributed by atoms with van der Waals surface area (Å²) in [6.07, 6.45) is 0. The van der Waals surface area contributed by atoms with Crippen molar-refractivity contribution in [2.75, 3.05) is 6.61 Å². The van der Waals surface area contributed by atoms with Gasteiger partial charge < -0.3 is 4.74 Å². The molecule has 1 N–H and O–H groups in total. The minimum absolute atomic E-state index is 0.280. The summed E-state index contributed by atoms with van der Waals surface area (Å²) in [7, 11) is 0. The second kappa shape index (κ2) is 5.05. The van der Waals surface area contributed by atoms with Gasteiger partial charge in [0.25, 0.3) is 6.01 Å². The second-order valence-corrected chi connectivity index (χ2v) is 3.95. The van der Waals surface area contributed by atoms with Gasteiger partial charge in [-0.15, -0.1) is 0 Å². The van der Waals surface area contributed by atoms with Gasteiger partial charge in [-0.05, 0) is 26.1 Å². The first-order chi connectivity index (χ1) is 8.19. The number of ether oxygens (including phenoxy) is 1. The van der Waals surface area contributed by atoms with Crippen LogP contribution >= 0.6 is 12.2 Å². The molecular weight excluding hydrogens is 234 g/mol. The lowest BCUT2D eigenvalue weighted by Gasteiger charge is -2.05. The topological polar surface area (TPSA) is 50.8 Å². The number of rotatable bonds is 3. The van der Waals surface area contributed by atoms with Crippen LogP contribution in [-0.4, -0.2) is 21.6 Å². The Hall–Kier alpha value is -1.75. The van der Waals surface area contributed by atoms with Gasteiger partial charge in [0.2, 0.25) is 4.77 Å². The molecule has 0 radical (unpaired) electrons. The molecule has 0 unspecified atom stereocenters. The first-order valence-electron chi connectivity index (χ1n) is 5.37. The normalized spacial score (nSPS) is 10.2. The zero-order valence-corrected chi connectivity index (χ0v) is 10.5. The van der Waals surface area contributed by atoms with E-state index in [2.05, 4.69) is 15.0 Å². The number of H-pyrrole nitrogens is 1. The van der Waals surface area contributed by atoms with E-state index >= 15 is 0 Å². The van der Waals surface area contributed by atoms with Crippen LogP contribution < -0.4 is 4.74 Å². The molecule has 0 aliphatic heterocycles. The molecule has 0 atom stereocenters. The first-order valence-corrected chi connectivity index (χ1v) is 5.78. The Morgan fingerprint density at radius 2 is 1.94 bits per heavy atom. The highest BCUT2D eigenvalue weighted by molar-refractivity contribution is 7.71. The molecule has 0 aliphatic rings. The van der Waals surface area contributed by atoms with E-state index in [9.17, 15) is 0 Å². The van der Waals surface area contributed by atoms with Crippen molar-refractivity contribution in [3.8, 4) is 17.4 Å². The van der Waals surface area contributed by atoms with Gasteiger partial charge in [0.15, 0.2) is 0 Å². The van der Waals surface area contributed by atoms with E-state index in [4.69, 9.17) is 17.0 Å². The van der Waals surface area contributed by atoms with Crippen LogP contribution in [0.3, 0.4) is 0 Å². The van der Waals surface area contributed by atoms with E-state index in [1.165, 1.54) is 5.56 Å². The third-order valence-electron chi connectivity index (χ3n) is 2.24. The Balaban J connectivity index is 2.44. The molecule has 0 fully saturated rings. The quantitative estimate of drug-likeness (QED) is 0.847. The van der Waals surface area contributed by atoms with Crippen molar-refractivity contribution < 1.29 is 4.74 Å². The van der Waals surface area contributed by atoms with Crippen molar-refractivity contribution in [2.24, 2.45) is 0 Å². The maximum absolute atomic E-state index is 5.30. The van der Waals surface area contributed by atoms with Crippen LogP contribution in [0.2, 0.25) is 0 Å². The molecule has 1 heterocycles. The maximum atomic E-state index is 5.30. The molecule has 0 spiro atoms. The number of hydrogen-bond acceptors (Lipinski definition) is 4. The summed E-state index contributed by atoms with van der Waals surface area (Å²) in [5, 5.41) is 0. The molecule has 5 heteroatoms. The zero-order valence-electron chi connectivity index (χ0n) is 9.73. The Bertz CT molecular complexity index is 563. The van der Waals surface area contributed by atoms with Gasteiger partial charge in [0.05, 0.1) is 6.61 Å². The van der Waals surface area contributed by atoms with Gasteiger partial charge in [-0.3, -0.25) is 4.98 Å². The van der Waals surface area contributed by atoms with Crippen LogP contribution in [0, 0.1) is 11.7 Å². The summed E-state index contributed by atoms with van der Waals surface area (Å²) in [5.41, 5.74) is 2.16. The number of nitrogens with one attached hydrogen (secondary N) is 1. The summed E-state index contributed by atoms with van der Waals surface area (Å²) in [6.45, 7) is 4.47. The van der Waals surface area contributed by atoms with Crippen molar-refractivity contribution in [3.05, 3.63) is 34.6 Å². The van der Waals surface area contributed by atoms with Gasteiger partial charge in [-0.2, -0.15) is 4.98 Å².